The highest BCUT2D eigenvalue weighted by Crippen LogP contribution is 2.31. The molecule has 140 valence electrons. The first-order valence-corrected chi connectivity index (χ1v) is 10.2. The molecule has 1 heterocycles. The number of thioether (sulfide) groups is 1. The second-order valence-corrected chi connectivity index (χ2v) is 8.11. The van der Waals surface area contributed by atoms with E-state index in [9.17, 15) is 4.79 Å². The standard InChI is InChI=1S/C19H28N2O2S.ClH/c20-12-16-9-10-18(23-16)19(22)21-15-6-4-5-14(11-15)13-24-17-7-2-1-3-8-17;/h4-6,11,16-18H,1-3,7-10,12-13,20H2,(H,21,22);1H/t16-,18+;/m1./s1. The molecule has 0 spiro atoms. The lowest BCUT2D eigenvalue weighted by Gasteiger charge is -2.21. The van der Waals surface area contributed by atoms with Crippen molar-refractivity contribution in [3.05, 3.63) is 29.8 Å². The summed E-state index contributed by atoms with van der Waals surface area (Å²) < 4.78 is 5.66. The van der Waals surface area contributed by atoms with Crippen LogP contribution in [0.3, 0.4) is 0 Å². The number of benzene rings is 1. The Labute approximate surface area is 161 Å². The predicted molar refractivity (Wildman–Crippen MR) is 107 cm³/mol. The van der Waals surface area contributed by atoms with E-state index in [1.807, 2.05) is 12.1 Å². The number of hydrogen-bond donors (Lipinski definition) is 2. The molecule has 0 bridgehead atoms. The number of anilines is 1. The van der Waals surface area contributed by atoms with Crippen LogP contribution in [-0.4, -0.2) is 29.9 Å². The maximum absolute atomic E-state index is 12.3. The van der Waals surface area contributed by atoms with Crippen LogP contribution in [0.5, 0.6) is 0 Å². The number of nitrogens with two attached hydrogens (primary N) is 1. The van der Waals surface area contributed by atoms with Gasteiger partial charge < -0.3 is 15.8 Å². The zero-order chi connectivity index (χ0) is 16.8. The summed E-state index contributed by atoms with van der Waals surface area (Å²) in [5, 5.41) is 3.80. The van der Waals surface area contributed by atoms with Gasteiger partial charge in [0.2, 0.25) is 0 Å². The first-order chi connectivity index (χ1) is 11.7. The van der Waals surface area contributed by atoms with Crippen molar-refractivity contribution in [1.29, 1.82) is 0 Å². The molecule has 0 aromatic heterocycles. The van der Waals surface area contributed by atoms with Crippen molar-refractivity contribution in [2.45, 2.75) is 68.2 Å². The van der Waals surface area contributed by atoms with Crippen LogP contribution >= 0.6 is 24.2 Å². The molecule has 4 nitrogen and oxygen atoms in total. The fourth-order valence-corrected chi connectivity index (χ4v) is 4.75. The summed E-state index contributed by atoms with van der Waals surface area (Å²) >= 11 is 2.06. The molecule has 1 aliphatic carbocycles. The Bertz CT molecular complexity index is 552. The maximum atomic E-state index is 12.3. The minimum Gasteiger partial charge on any atom is -0.364 e. The molecule has 0 unspecified atom stereocenters. The lowest BCUT2D eigenvalue weighted by molar-refractivity contribution is -0.126. The van der Waals surface area contributed by atoms with Crippen LogP contribution in [0.4, 0.5) is 5.69 Å². The molecule has 25 heavy (non-hydrogen) atoms. The first-order valence-electron chi connectivity index (χ1n) is 9.11. The van der Waals surface area contributed by atoms with E-state index in [1.165, 1.54) is 37.7 Å². The van der Waals surface area contributed by atoms with E-state index < -0.39 is 0 Å². The van der Waals surface area contributed by atoms with E-state index in [1.54, 1.807) is 0 Å². The van der Waals surface area contributed by atoms with E-state index >= 15 is 0 Å². The zero-order valence-corrected chi connectivity index (χ0v) is 16.2. The van der Waals surface area contributed by atoms with Gasteiger partial charge in [0.05, 0.1) is 6.10 Å². The van der Waals surface area contributed by atoms with Gasteiger partial charge in [-0.3, -0.25) is 4.79 Å². The molecule has 6 heteroatoms. The monoisotopic (exact) mass is 384 g/mol. The second kappa shape index (κ2) is 10.4. The lowest BCUT2D eigenvalue weighted by atomic mass is 10.0. The molecule has 2 aliphatic rings. The number of carbonyl (C=O) groups excluding carboxylic acids is 1. The van der Waals surface area contributed by atoms with E-state index in [-0.39, 0.29) is 30.5 Å². The summed E-state index contributed by atoms with van der Waals surface area (Å²) in [6.45, 7) is 0.484. The number of amides is 1. The van der Waals surface area contributed by atoms with Crippen molar-refractivity contribution < 1.29 is 9.53 Å². The molecule has 3 N–H and O–H groups in total. The third kappa shape index (κ3) is 6.17. The third-order valence-corrected chi connectivity index (χ3v) is 6.34. The van der Waals surface area contributed by atoms with Crippen molar-refractivity contribution in [3.8, 4) is 0 Å². The predicted octanol–water partition coefficient (Wildman–Crippen LogP) is 4.12. The summed E-state index contributed by atoms with van der Waals surface area (Å²) in [5.74, 6) is 0.965. The summed E-state index contributed by atoms with van der Waals surface area (Å²) in [4.78, 5) is 12.3. The van der Waals surface area contributed by atoms with Gasteiger partial charge in [-0.2, -0.15) is 11.8 Å². The van der Waals surface area contributed by atoms with Gasteiger partial charge >= 0.3 is 0 Å². The van der Waals surface area contributed by atoms with Gasteiger partial charge in [-0.15, -0.1) is 12.4 Å². The fraction of sp³-hybridized carbons (Fsp3) is 0.632. The molecule has 1 amide bonds. The number of halogens is 1. The van der Waals surface area contributed by atoms with E-state index in [0.29, 0.717) is 6.54 Å². The van der Waals surface area contributed by atoms with E-state index in [0.717, 1.165) is 29.5 Å². The van der Waals surface area contributed by atoms with Crippen LogP contribution in [0.2, 0.25) is 0 Å². The Morgan fingerprint density at radius 3 is 2.72 bits per heavy atom. The Morgan fingerprint density at radius 2 is 2.00 bits per heavy atom. The molecule has 1 saturated carbocycles. The molecular weight excluding hydrogens is 356 g/mol. The van der Waals surface area contributed by atoms with E-state index in [4.69, 9.17) is 10.5 Å². The van der Waals surface area contributed by atoms with Crippen molar-refractivity contribution in [3.63, 3.8) is 0 Å². The quantitative estimate of drug-likeness (QED) is 0.774. The van der Waals surface area contributed by atoms with Gasteiger partial charge in [-0.1, -0.05) is 31.4 Å². The molecule has 2 fully saturated rings. The molecule has 1 aromatic carbocycles. The normalized spacial score (nSPS) is 23.9. The summed E-state index contributed by atoms with van der Waals surface area (Å²) in [7, 11) is 0. The number of ether oxygens (including phenoxy) is 1. The van der Waals surface area contributed by atoms with Gasteiger partial charge in [-0.05, 0) is 43.4 Å². The van der Waals surface area contributed by atoms with Crippen molar-refractivity contribution in [2.75, 3.05) is 11.9 Å². The first kappa shape index (κ1) is 20.6. The topological polar surface area (TPSA) is 64.4 Å². The molecule has 0 radical (unpaired) electrons. The van der Waals surface area contributed by atoms with Gasteiger partial charge in [-0.25, -0.2) is 0 Å². The van der Waals surface area contributed by atoms with Gasteiger partial charge in [0.15, 0.2) is 0 Å². The zero-order valence-electron chi connectivity index (χ0n) is 14.6. The third-order valence-electron chi connectivity index (χ3n) is 4.90. The van der Waals surface area contributed by atoms with Crippen molar-refractivity contribution in [2.24, 2.45) is 5.73 Å². The van der Waals surface area contributed by atoms with Crippen LogP contribution < -0.4 is 11.1 Å². The SMILES string of the molecule is Cl.NC[C@H]1CC[C@@H](C(=O)Nc2cccc(CSC3CCCCC3)c2)O1. The van der Waals surface area contributed by atoms with Crippen molar-refractivity contribution >= 4 is 35.8 Å². The number of carbonyl (C=O) groups is 1. The number of nitrogens with one attached hydrogen (secondary N) is 1. The Balaban J connectivity index is 0.00000225. The number of hydrogen-bond acceptors (Lipinski definition) is 4. The second-order valence-electron chi connectivity index (χ2n) is 6.82. The smallest absolute Gasteiger partial charge is 0.253 e. The Morgan fingerprint density at radius 1 is 1.20 bits per heavy atom. The summed E-state index contributed by atoms with van der Waals surface area (Å²) in [6.07, 6.45) is 8.13. The average molecular weight is 385 g/mol. The number of rotatable bonds is 6. The Hall–Kier alpha value is -0.750. The van der Waals surface area contributed by atoms with Crippen molar-refractivity contribution in [1.82, 2.24) is 0 Å². The summed E-state index contributed by atoms with van der Waals surface area (Å²) in [5.41, 5.74) is 7.74. The highest BCUT2D eigenvalue weighted by Gasteiger charge is 2.29. The highest BCUT2D eigenvalue weighted by atomic mass is 35.5. The maximum Gasteiger partial charge on any atom is 0.253 e. The van der Waals surface area contributed by atoms with Crippen LogP contribution in [0.15, 0.2) is 24.3 Å². The average Bonchev–Trinajstić information content (AvgIpc) is 3.11. The van der Waals surface area contributed by atoms with Crippen LogP contribution in [0.25, 0.3) is 0 Å². The summed E-state index contributed by atoms with van der Waals surface area (Å²) in [6, 6.07) is 8.19. The van der Waals surface area contributed by atoms with Crippen LogP contribution in [0, 0.1) is 0 Å². The van der Waals surface area contributed by atoms with Gasteiger partial charge in [0, 0.05) is 23.2 Å². The van der Waals surface area contributed by atoms with Crippen LogP contribution in [0.1, 0.15) is 50.5 Å². The molecular formula is C19H29ClN2O2S. The lowest BCUT2D eigenvalue weighted by Crippen LogP contribution is -2.29. The molecule has 1 saturated heterocycles. The Kier molecular flexibility index (Phi) is 8.56. The molecule has 1 aliphatic heterocycles. The van der Waals surface area contributed by atoms with E-state index in [2.05, 4.69) is 29.2 Å². The fourth-order valence-electron chi connectivity index (χ4n) is 3.48. The molecule has 3 rings (SSSR count). The van der Waals surface area contributed by atoms with Gasteiger partial charge in [0.25, 0.3) is 5.91 Å². The molecule has 1 aromatic rings. The minimum absolute atomic E-state index is 0. The highest BCUT2D eigenvalue weighted by molar-refractivity contribution is 7.99. The van der Waals surface area contributed by atoms with Crippen LogP contribution in [-0.2, 0) is 15.3 Å². The minimum atomic E-state index is -0.362. The largest absolute Gasteiger partial charge is 0.364 e. The molecule has 2 atom stereocenters. The van der Waals surface area contributed by atoms with Gasteiger partial charge in [0.1, 0.15) is 6.10 Å².